The average molecular weight is 266 g/mol. The van der Waals surface area contributed by atoms with E-state index < -0.39 is 0 Å². The number of halogens is 1. The normalized spacial score (nSPS) is 22.1. The lowest BCUT2D eigenvalue weighted by Crippen LogP contribution is -2.45. The summed E-state index contributed by atoms with van der Waals surface area (Å²) in [6, 6.07) is 4.82. The maximum absolute atomic E-state index is 13.2. The van der Waals surface area contributed by atoms with Crippen LogP contribution >= 0.6 is 0 Å². The third kappa shape index (κ3) is 2.45. The first-order valence-corrected chi connectivity index (χ1v) is 6.74. The molecule has 104 valence electrons. The van der Waals surface area contributed by atoms with Crippen molar-refractivity contribution in [3.8, 4) is 0 Å². The summed E-state index contributed by atoms with van der Waals surface area (Å²) in [5.41, 5.74) is 7.57. The molecule has 19 heavy (non-hydrogen) atoms. The number of hydrogen-bond acceptors (Lipinski definition) is 4. The van der Waals surface area contributed by atoms with Crippen molar-refractivity contribution in [3.05, 3.63) is 29.6 Å². The molecule has 0 aromatic heterocycles. The number of ether oxygens (including phenoxy) is 2. The number of rotatable bonds is 2. The van der Waals surface area contributed by atoms with E-state index >= 15 is 0 Å². The highest BCUT2D eigenvalue weighted by atomic mass is 19.1. The van der Waals surface area contributed by atoms with Crippen molar-refractivity contribution >= 4 is 5.69 Å². The molecule has 0 atom stereocenters. The molecule has 2 fully saturated rings. The molecular weight excluding hydrogens is 247 g/mol. The van der Waals surface area contributed by atoms with E-state index in [1.807, 2.05) is 6.07 Å². The second kappa shape index (κ2) is 5.07. The SMILES string of the molecule is NCc1cc(F)ccc1N1CCC2(CC1)OCCO2. The van der Waals surface area contributed by atoms with Gasteiger partial charge in [-0.3, -0.25) is 0 Å². The van der Waals surface area contributed by atoms with Gasteiger partial charge < -0.3 is 20.1 Å². The lowest BCUT2D eigenvalue weighted by molar-refractivity contribution is -0.169. The van der Waals surface area contributed by atoms with Crippen LogP contribution in [-0.2, 0) is 16.0 Å². The summed E-state index contributed by atoms with van der Waals surface area (Å²) in [7, 11) is 0. The maximum atomic E-state index is 13.2. The van der Waals surface area contributed by atoms with E-state index in [2.05, 4.69) is 4.90 Å². The van der Waals surface area contributed by atoms with Crippen LogP contribution < -0.4 is 10.6 Å². The van der Waals surface area contributed by atoms with Gasteiger partial charge in [0.1, 0.15) is 5.82 Å². The third-order valence-corrected chi connectivity index (χ3v) is 3.94. The number of anilines is 1. The van der Waals surface area contributed by atoms with E-state index in [9.17, 15) is 4.39 Å². The number of benzene rings is 1. The van der Waals surface area contributed by atoms with Gasteiger partial charge in [-0.2, -0.15) is 0 Å². The molecule has 3 rings (SSSR count). The average Bonchev–Trinajstić information content (AvgIpc) is 2.88. The maximum Gasteiger partial charge on any atom is 0.171 e. The molecule has 0 bridgehead atoms. The Morgan fingerprint density at radius 2 is 1.89 bits per heavy atom. The van der Waals surface area contributed by atoms with Crippen LogP contribution in [0.3, 0.4) is 0 Å². The first-order valence-electron chi connectivity index (χ1n) is 6.74. The molecule has 2 N–H and O–H groups in total. The van der Waals surface area contributed by atoms with Gasteiger partial charge in [0, 0.05) is 38.2 Å². The van der Waals surface area contributed by atoms with Crippen LogP contribution in [0.25, 0.3) is 0 Å². The quantitative estimate of drug-likeness (QED) is 0.884. The minimum atomic E-state index is -0.376. The first kappa shape index (κ1) is 12.8. The summed E-state index contributed by atoms with van der Waals surface area (Å²) in [4.78, 5) is 2.23. The molecule has 2 aliphatic rings. The van der Waals surface area contributed by atoms with Gasteiger partial charge >= 0.3 is 0 Å². The van der Waals surface area contributed by atoms with Crippen LogP contribution in [0.2, 0.25) is 0 Å². The lowest BCUT2D eigenvalue weighted by atomic mass is 10.0. The fourth-order valence-corrected chi connectivity index (χ4v) is 2.90. The zero-order valence-electron chi connectivity index (χ0n) is 10.9. The van der Waals surface area contributed by atoms with E-state index in [4.69, 9.17) is 15.2 Å². The van der Waals surface area contributed by atoms with Gasteiger partial charge in [-0.1, -0.05) is 0 Å². The van der Waals surface area contributed by atoms with Crippen LogP contribution in [0.15, 0.2) is 18.2 Å². The molecule has 2 heterocycles. The lowest BCUT2D eigenvalue weighted by Gasteiger charge is -2.39. The fraction of sp³-hybridized carbons (Fsp3) is 0.571. The van der Waals surface area contributed by atoms with E-state index in [0.717, 1.165) is 37.2 Å². The molecule has 1 aromatic carbocycles. The van der Waals surface area contributed by atoms with Gasteiger partial charge in [0.25, 0.3) is 0 Å². The van der Waals surface area contributed by atoms with Gasteiger partial charge in [-0.25, -0.2) is 4.39 Å². The van der Waals surface area contributed by atoms with Crippen LogP contribution in [0.4, 0.5) is 10.1 Å². The number of nitrogens with zero attached hydrogens (tertiary/aromatic N) is 1. The summed E-state index contributed by atoms with van der Waals surface area (Å²) >= 11 is 0. The van der Waals surface area contributed by atoms with Crippen molar-refractivity contribution in [1.82, 2.24) is 0 Å². The Labute approximate surface area is 112 Å². The molecule has 0 unspecified atom stereocenters. The first-order chi connectivity index (χ1) is 9.22. The molecule has 5 heteroatoms. The number of nitrogens with two attached hydrogens (primary N) is 1. The summed E-state index contributed by atoms with van der Waals surface area (Å²) in [5, 5.41) is 0. The topological polar surface area (TPSA) is 47.7 Å². The van der Waals surface area contributed by atoms with Crippen LogP contribution in [0.1, 0.15) is 18.4 Å². The summed E-state index contributed by atoms with van der Waals surface area (Å²) in [5.74, 6) is -0.612. The molecule has 0 radical (unpaired) electrons. The highest BCUT2D eigenvalue weighted by Gasteiger charge is 2.40. The molecule has 2 saturated heterocycles. The van der Waals surface area contributed by atoms with Gasteiger partial charge in [0.2, 0.25) is 0 Å². The summed E-state index contributed by atoms with van der Waals surface area (Å²) in [6.07, 6.45) is 1.68. The van der Waals surface area contributed by atoms with Crippen molar-refractivity contribution in [1.29, 1.82) is 0 Å². The second-order valence-corrected chi connectivity index (χ2v) is 5.07. The molecule has 0 amide bonds. The molecular formula is C14H19FN2O2. The second-order valence-electron chi connectivity index (χ2n) is 5.07. The van der Waals surface area contributed by atoms with Crippen molar-refractivity contribution in [3.63, 3.8) is 0 Å². The van der Waals surface area contributed by atoms with Crippen molar-refractivity contribution in [2.45, 2.75) is 25.2 Å². The smallest absolute Gasteiger partial charge is 0.171 e. The van der Waals surface area contributed by atoms with Crippen LogP contribution in [-0.4, -0.2) is 32.1 Å². The number of hydrogen-bond donors (Lipinski definition) is 1. The van der Waals surface area contributed by atoms with Crippen LogP contribution in [0, 0.1) is 5.82 Å². The van der Waals surface area contributed by atoms with Crippen LogP contribution in [0.5, 0.6) is 0 Å². The Bertz CT molecular complexity index is 451. The Morgan fingerprint density at radius 3 is 2.53 bits per heavy atom. The van der Waals surface area contributed by atoms with E-state index in [-0.39, 0.29) is 11.6 Å². The van der Waals surface area contributed by atoms with Crippen molar-refractivity contribution in [2.75, 3.05) is 31.2 Å². The highest BCUT2D eigenvalue weighted by molar-refractivity contribution is 5.54. The Morgan fingerprint density at radius 1 is 1.21 bits per heavy atom. The van der Waals surface area contributed by atoms with Crippen molar-refractivity contribution < 1.29 is 13.9 Å². The number of piperidine rings is 1. The Hall–Kier alpha value is -1.17. The molecule has 2 aliphatic heterocycles. The van der Waals surface area contributed by atoms with E-state index in [1.54, 1.807) is 0 Å². The highest BCUT2D eigenvalue weighted by Crippen LogP contribution is 2.34. The Kier molecular flexibility index (Phi) is 3.43. The Balaban J connectivity index is 1.74. The molecule has 4 nitrogen and oxygen atoms in total. The van der Waals surface area contributed by atoms with Gasteiger partial charge in [0.15, 0.2) is 5.79 Å². The van der Waals surface area contributed by atoms with Gasteiger partial charge in [-0.15, -0.1) is 0 Å². The standard InChI is InChI=1S/C14H19FN2O2/c15-12-1-2-13(11(9-12)10-16)17-5-3-14(4-6-17)18-7-8-19-14/h1-2,9H,3-8,10,16H2. The summed E-state index contributed by atoms with van der Waals surface area (Å²) < 4.78 is 24.6. The van der Waals surface area contributed by atoms with Crippen molar-refractivity contribution in [2.24, 2.45) is 5.73 Å². The monoisotopic (exact) mass is 266 g/mol. The largest absolute Gasteiger partial charge is 0.371 e. The van der Waals surface area contributed by atoms with E-state index in [0.29, 0.717) is 19.8 Å². The minimum Gasteiger partial charge on any atom is -0.371 e. The zero-order chi connectivity index (χ0) is 13.3. The molecule has 0 aliphatic carbocycles. The van der Waals surface area contributed by atoms with E-state index in [1.165, 1.54) is 12.1 Å². The molecule has 1 aromatic rings. The van der Waals surface area contributed by atoms with Gasteiger partial charge in [0.05, 0.1) is 13.2 Å². The molecule has 1 spiro atoms. The fourth-order valence-electron chi connectivity index (χ4n) is 2.90. The predicted octanol–water partition coefficient (Wildman–Crippen LogP) is 1.63. The predicted molar refractivity (Wildman–Crippen MR) is 70.4 cm³/mol. The molecule has 0 saturated carbocycles. The van der Waals surface area contributed by atoms with Gasteiger partial charge in [-0.05, 0) is 23.8 Å². The zero-order valence-corrected chi connectivity index (χ0v) is 10.9. The third-order valence-electron chi connectivity index (χ3n) is 3.94. The minimum absolute atomic E-state index is 0.236. The summed E-state index contributed by atoms with van der Waals surface area (Å²) in [6.45, 7) is 3.41.